The van der Waals surface area contributed by atoms with Crippen LogP contribution in [-0.2, 0) is 16.4 Å². The van der Waals surface area contributed by atoms with E-state index in [1.165, 1.54) is 7.11 Å². The molecule has 98 valence electrons. The summed E-state index contributed by atoms with van der Waals surface area (Å²) in [6, 6.07) is 0.812. The summed E-state index contributed by atoms with van der Waals surface area (Å²) >= 11 is 0. The van der Waals surface area contributed by atoms with E-state index in [4.69, 9.17) is 9.84 Å². The molecule has 0 spiro atoms. The first kappa shape index (κ1) is 12.7. The largest absolute Gasteiger partial charge is 0.481 e. The minimum Gasteiger partial charge on any atom is -0.481 e. The number of carboxylic acids is 1. The minimum atomic E-state index is -4.55. The van der Waals surface area contributed by atoms with Crippen molar-refractivity contribution in [2.75, 3.05) is 7.11 Å². The van der Waals surface area contributed by atoms with Crippen LogP contribution in [0.3, 0.4) is 0 Å². The van der Waals surface area contributed by atoms with Gasteiger partial charge in [0.05, 0.1) is 18.1 Å². The predicted octanol–water partition coefficient (Wildman–Crippen LogP) is 2.23. The van der Waals surface area contributed by atoms with Crippen LogP contribution in [0, 0.1) is 0 Å². The number of carbonyl (C=O) groups is 1. The van der Waals surface area contributed by atoms with Gasteiger partial charge in [-0.1, -0.05) is 0 Å². The zero-order valence-electron chi connectivity index (χ0n) is 9.41. The Bertz CT molecular complexity index is 495. The average molecular weight is 261 g/mol. The molecule has 0 amide bonds. The Morgan fingerprint density at radius 1 is 1.50 bits per heavy atom. The maximum absolute atomic E-state index is 12.6. The normalized spacial score (nSPS) is 17.3. The molecule has 1 aromatic rings. The Hall–Kier alpha value is -1.79. The molecule has 0 aliphatic heterocycles. The number of aliphatic carboxylic acids is 1. The van der Waals surface area contributed by atoms with E-state index in [1.54, 1.807) is 0 Å². The van der Waals surface area contributed by atoms with Gasteiger partial charge >= 0.3 is 12.1 Å². The third-order valence-electron chi connectivity index (χ3n) is 3.05. The quantitative estimate of drug-likeness (QED) is 0.906. The van der Waals surface area contributed by atoms with Crippen LogP contribution < -0.4 is 4.74 Å². The number of nitrogens with zero attached hydrogens (tertiary/aromatic N) is 1. The highest BCUT2D eigenvalue weighted by molar-refractivity contribution is 5.85. The fraction of sp³-hybridized carbons (Fsp3) is 0.455. The Morgan fingerprint density at radius 2 is 2.11 bits per heavy atom. The Labute approximate surface area is 100 Å². The molecule has 2 rings (SSSR count). The summed E-state index contributed by atoms with van der Waals surface area (Å²) < 4.78 is 42.6. The van der Waals surface area contributed by atoms with Gasteiger partial charge < -0.3 is 9.84 Å². The number of alkyl halides is 3. The van der Waals surface area contributed by atoms with E-state index in [1.807, 2.05) is 0 Å². The van der Waals surface area contributed by atoms with Crippen molar-refractivity contribution < 1.29 is 27.8 Å². The number of hydrogen-bond donors (Lipinski definition) is 1. The first-order chi connectivity index (χ1) is 8.31. The molecular weight excluding hydrogens is 251 g/mol. The highest BCUT2D eigenvalue weighted by Gasteiger charge is 2.54. The third kappa shape index (κ3) is 1.89. The van der Waals surface area contributed by atoms with Crippen LogP contribution >= 0.6 is 0 Å². The van der Waals surface area contributed by atoms with E-state index in [0.717, 1.165) is 6.07 Å². The van der Waals surface area contributed by atoms with Crippen LogP contribution in [0.15, 0.2) is 12.3 Å². The number of ether oxygens (including phenoxy) is 1. The predicted molar refractivity (Wildman–Crippen MR) is 54.3 cm³/mol. The SMILES string of the molecule is COc1ncc(C(F)(F)F)cc1C1(C(=O)O)CC1. The van der Waals surface area contributed by atoms with E-state index in [9.17, 15) is 18.0 Å². The number of rotatable bonds is 3. The summed E-state index contributed by atoms with van der Waals surface area (Å²) in [6.45, 7) is 0. The van der Waals surface area contributed by atoms with Crippen LogP contribution in [-0.4, -0.2) is 23.2 Å². The van der Waals surface area contributed by atoms with Gasteiger partial charge in [-0.2, -0.15) is 13.2 Å². The zero-order chi connectivity index (χ0) is 13.6. The van der Waals surface area contributed by atoms with Gasteiger partial charge in [-0.15, -0.1) is 0 Å². The molecule has 1 saturated carbocycles. The van der Waals surface area contributed by atoms with Crippen molar-refractivity contribution in [3.8, 4) is 5.88 Å². The number of pyridine rings is 1. The molecule has 1 fully saturated rings. The van der Waals surface area contributed by atoms with Crippen LogP contribution in [0.4, 0.5) is 13.2 Å². The van der Waals surface area contributed by atoms with E-state index in [0.29, 0.717) is 19.0 Å². The molecule has 18 heavy (non-hydrogen) atoms. The van der Waals surface area contributed by atoms with Gasteiger partial charge in [0.25, 0.3) is 0 Å². The van der Waals surface area contributed by atoms with Crippen LogP contribution in [0.2, 0.25) is 0 Å². The molecular formula is C11H10F3NO3. The van der Waals surface area contributed by atoms with Crippen LogP contribution in [0.5, 0.6) is 5.88 Å². The molecule has 1 heterocycles. The maximum Gasteiger partial charge on any atom is 0.417 e. The highest BCUT2D eigenvalue weighted by atomic mass is 19.4. The van der Waals surface area contributed by atoms with Gasteiger partial charge in [0, 0.05) is 11.8 Å². The van der Waals surface area contributed by atoms with Gasteiger partial charge in [0.1, 0.15) is 0 Å². The Morgan fingerprint density at radius 3 is 2.50 bits per heavy atom. The molecule has 7 heteroatoms. The number of methoxy groups -OCH3 is 1. The second kappa shape index (κ2) is 3.86. The first-order valence-electron chi connectivity index (χ1n) is 5.16. The van der Waals surface area contributed by atoms with Crippen molar-refractivity contribution in [3.63, 3.8) is 0 Å². The number of aromatic nitrogens is 1. The molecule has 0 radical (unpaired) electrons. The molecule has 0 unspecified atom stereocenters. The van der Waals surface area contributed by atoms with Gasteiger partial charge in [-0.05, 0) is 18.9 Å². The lowest BCUT2D eigenvalue weighted by Crippen LogP contribution is -2.22. The molecule has 0 bridgehead atoms. The van der Waals surface area contributed by atoms with Crippen LogP contribution in [0.25, 0.3) is 0 Å². The Kier molecular flexibility index (Phi) is 2.71. The topological polar surface area (TPSA) is 59.4 Å². The smallest absolute Gasteiger partial charge is 0.417 e. The van der Waals surface area contributed by atoms with Crippen molar-refractivity contribution in [3.05, 3.63) is 23.4 Å². The van der Waals surface area contributed by atoms with Crippen molar-refractivity contribution >= 4 is 5.97 Å². The van der Waals surface area contributed by atoms with E-state index >= 15 is 0 Å². The lowest BCUT2D eigenvalue weighted by molar-refractivity contribution is -0.141. The molecule has 4 nitrogen and oxygen atoms in total. The number of carboxylic acid groups (broad SMARTS) is 1. The van der Waals surface area contributed by atoms with Gasteiger partial charge in [0.2, 0.25) is 5.88 Å². The summed E-state index contributed by atoms with van der Waals surface area (Å²) in [5.41, 5.74) is -2.25. The second-order valence-electron chi connectivity index (χ2n) is 4.17. The Balaban J connectivity index is 2.54. The van der Waals surface area contributed by atoms with Crippen molar-refractivity contribution in [2.45, 2.75) is 24.4 Å². The summed E-state index contributed by atoms with van der Waals surface area (Å²) in [5, 5.41) is 9.11. The average Bonchev–Trinajstić information content (AvgIpc) is 3.08. The van der Waals surface area contributed by atoms with Gasteiger partial charge in [-0.3, -0.25) is 4.79 Å². The minimum absolute atomic E-state index is 0.00711. The highest BCUT2D eigenvalue weighted by Crippen LogP contribution is 2.51. The van der Waals surface area contributed by atoms with E-state index in [2.05, 4.69) is 4.98 Å². The molecule has 0 atom stereocenters. The van der Waals surface area contributed by atoms with E-state index < -0.39 is 23.1 Å². The molecule has 1 N–H and O–H groups in total. The third-order valence-corrected chi connectivity index (χ3v) is 3.05. The second-order valence-corrected chi connectivity index (χ2v) is 4.17. The summed E-state index contributed by atoms with van der Waals surface area (Å²) in [4.78, 5) is 14.7. The van der Waals surface area contributed by atoms with E-state index in [-0.39, 0.29) is 11.4 Å². The van der Waals surface area contributed by atoms with Gasteiger partial charge in [0.15, 0.2) is 0 Å². The first-order valence-corrected chi connectivity index (χ1v) is 5.16. The molecule has 1 aromatic heterocycles. The summed E-state index contributed by atoms with van der Waals surface area (Å²) in [5.74, 6) is -1.22. The molecule has 0 aromatic carbocycles. The van der Waals surface area contributed by atoms with Crippen LogP contribution in [0.1, 0.15) is 24.0 Å². The zero-order valence-corrected chi connectivity index (χ0v) is 9.41. The number of halogens is 3. The standard InChI is InChI=1S/C11H10F3NO3/c1-18-8-7(10(2-3-10)9(16)17)4-6(5-15-8)11(12,13)14/h4-5H,2-3H2,1H3,(H,16,17). The summed E-state index contributed by atoms with van der Waals surface area (Å²) in [6.07, 6.45) is -3.33. The number of hydrogen-bond acceptors (Lipinski definition) is 3. The lowest BCUT2D eigenvalue weighted by Gasteiger charge is -2.16. The van der Waals surface area contributed by atoms with Crippen molar-refractivity contribution in [1.82, 2.24) is 4.98 Å². The maximum atomic E-state index is 12.6. The summed E-state index contributed by atoms with van der Waals surface area (Å²) in [7, 11) is 1.25. The van der Waals surface area contributed by atoms with Crippen molar-refractivity contribution in [2.24, 2.45) is 0 Å². The van der Waals surface area contributed by atoms with Crippen molar-refractivity contribution in [1.29, 1.82) is 0 Å². The monoisotopic (exact) mass is 261 g/mol. The molecule has 1 aliphatic rings. The lowest BCUT2D eigenvalue weighted by atomic mass is 9.96. The molecule has 0 saturated heterocycles. The fourth-order valence-electron chi connectivity index (χ4n) is 1.84. The molecule has 1 aliphatic carbocycles. The fourth-order valence-corrected chi connectivity index (χ4v) is 1.84. The van der Waals surface area contributed by atoms with Gasteiger partial charge in [-0.25, -0.2) is 4.98 Å².